The molecule has 1 aliphatic heterocycles. The number of benzene rings is 2. The van der Waals surface area contributed by atoms with Crippen LogP contribution in [0.2, 0.25) is 5.02 Å². The molecule has 0 spiro atoms. The molecule has 0 aliphatic carbocycles. The average Bonchev–Trinajstić information content (AvgIpc) is 3.18. The van der Waals surface area contributed by atoms with Crippen LogP contribution in [0.5, 0.6) is 0 Å². The minimum Gasteiger partial charge on any atom is -0.345 e. The van der Waals surface area contributed by atoms with Crippen LogP contribution in [0.3, 0.4) is 0 Å². The molecule has 29 heavy (non-hydrogen) atoms. The number of piperazine rings is 1. The van der Waals surface area contributed by atoms with E-state index in [9.17, 15) is 17.2 Å². The van der Waals surface area contributed by atoms with Crippen LogP contribution in [0, 0.1) is 11.6 Å². The van der Waals surface area contributed by atoms with Gasteiger partial charge in [0.1, 0.15) is 16.5 Å². The Morgan fingerprint density at radius 1 is 1.00 bits per heavy atom. The molecule has 0 saturated carbocycles. The Morgan fingerprint density at radius 2 is 1.69 bits per heavy atom. The van der Waals surface area contributed by atoms with Crippen molar-refractivity contribution < 1.29 is 17.2 Å². The van der Waals surface area contributed by atoms with Crippen molar-refractivity contribution in [3.05, 3.63) is 64.5 Å². The molecule has 0 atom stereocenters. The molecular formula is C19H16ClF2N3O2S2. The van der Waals surface area contributed by atoms with Crippen LogP contribution in [0.15, 0.2) is 52.7 Å². The van der Waals surface area contributed by atoms with Gasteiger partial charge < -0.3 is 4.90 Å². The second-order valence-corrected chi connectivity index (χ2v) is 9.67. The molecule has 1 aromatic heterocycles. The fourth-order valence-electron chi connectivity index (χ4n) is 3.11. The molecule has 0 N–H and O–H groups in total. The van der Waals surface area contributed by atoms with Crippen molar-refractivity contribution in [2.24, 2.45) is 0 Å². The standard InChI is InChI=1S/C19H16ClF2N3O2S2/c20-14-3-1-13(2-4-14)17-12-28-19(23-17)24-7-9-25(10-8-24)29(26,27)18-6-5-15(21)11-16(18)22/h1-6,11-12H,7-10H2. The number of nitrogens with zero attached hydrogens (tertiary/aromatic N) is 3. The number of hydrogen-bond donors (Lipinski definition) is 0. The van der Waals surface area contributed by atoms with Gasteiger partial charge in [-0.1, -0.05) is 23.7 Å². The van der Waals surface area contributed by atoms with Gasteiger partial charge in [0.2, 0.25) is 10.0 Å². The zero-order chi connectivity index (χ0) is 20.6. The Bertz CT molecular complexity index is 1130. The van der Waals surface area contributed by atoms with Gasteiger partial charge in [-0.15, -0.1) is 11.3 Å². The van der Waals surface area contributed by atoms with Crippen molar-refractivity contribution in [1.29, 1.82) is 0 Å². The molecular weight excluding hydrogens is 440 g/mol. The molecule has 1 aliphatic rings. The summed E-state index contributed by atoms with van der Waals surface area (Å²) in [5, 5.41) is 3.38. The topological polar surface area (TPSA) is 53.5 Å². The molecule has 2 aromatic carbocycles. The van der Waals surface area contributed by atoms with E-state index in [1.807, 2.05) is 22.4 Å². The molecule has 2 heterocycles. The zero-order valence-electron chi connectivity index (χ0n) is 15.1. The summed E-state index contributed by atoms with van der Waals surface area (Å²) in [6.45, 7) is 1.23. The second-order valence-electron chi connectivity index (χ2n) is 6.49. The van der Waals surface area contributed by atoms with Crippen LogP contribution in [-0.4, -0.2) is 43.9 Å². The lowest BCUT2D eigenvalue weighted by atomic mass is 10.2. The lowest BCUT2D eigenvalue weighted by Gasteiger charge is -2.33. The summed E-state index contributed by atoms with van der Waals surface area (Å²) in [5.74, 6) is -1.90. The highest BCUT2D eigenvalue weighted by molar-refractivity contribution is 7.89. The molecule has 10 heteroatoms. The smallest absolute Gasteiger partial charge is 0.246 e. The normalized spacial score (nSPS) is 15.6. The van der Waals surface area contributed by atoms with Crippen LogP contribution in [0.25, 0.3) is 11.3 Å². The van der Waals surface area contributed by atoms with Crippen molar-refractivity contribution in [2.45, 2.75) is 4.90 Å². The Balaban J connectivity index is 1.46. The maximum Gasteiger partial charge on any atom is 0.246 e. The van der Waals surface area contributed by atoms with E-state index in [-0.39, 0.29) is 13.1 Å². The van der Waals surface area contributed by atoms with Gasteiger partial charge >= 0.3 is 0 Å². The Morgan fingerprint density at radius 3 is 2.34 bits per heavy atom. The van der Waals surface area contributed by atoms with Gasteiger partial charge in [0, 0.05) is 48.2 Å². The molecule has 0 amide bonds. The number of hydrogen-bond acceptors (Lipinski definition) is 5. The summed E-state index contributed by atoms with van der Waals surface area (Å²) in [7, 11) is -4.02. The lowest BCUT2D eigenvalue weighted by molar-refractivity contribution is 0.382. The zero-order valence-corrected chi connectivity index (χ0v) is 17.4. The van der Waals surface area contributed by atoms with Crippen molar-refractivity contribution in [3.8, 4) is 11.3 Å². The number of thiazole rings is 1. The number of sulfonamides is 1. The highest BCUT2D eigenvalue weighted by atomic mass is 35.5. The monoisotopic (exact) mass is 455 g/mol. The quantitative estimate of drug-likeness (QED) is 0.590. The maximum absolute atomic E-state index is 14.0. The summed E-state index contributed by atoms with van der Waals surface area (Å²) in [4.78, 5) is 6.12. The number of rotatable bonds is 4. The molecule has 3 aromatic rings. The number of aromatic nitrogens is 1. The van der Waals surface area contributed by atoms with Crippen LogP contribution >= 0.6 is 22.9 Å². The van der Waals surface area contributed by atoms with Crippen molar-refractivity contribution in [1.82, 2.24) is 9.29 Å². The second kappa shape index (κ2) is 7.98. The predicted molar refractivity (Wildman–Crippen MR) is 110 cm³/mol. The van der Waals surface area contributed by atoms with E-state index < -0.39 is 26.6 Å². The van der Waals surface area contributed by atoms with Gasteiger partial charge in [0.05, 0.1) is 5.69 Å². The highest BCUT2D eigenvalue weighted by Gasteiger charge is 2.31. The lowest BCUT2D eigenvalue weighted by Crippen LogP contribution is -2.48. The Hall–Kier alpha value is -2.07. The third-order valence-corrected chi connectivity index (χ3v) is 7.74. The summed E-state index contributed by atoms with van der Waals surface area (Å²) in [6.07, 6.45) is 0. The van der Waals surface area contributed by atoms with E-state index in [1.165, 1.54) is 15.6 Å². The molecule has 5 nitrogen and oxygen atoms in total. The molecule has 0 bridgehead atoms. The van der Waals surface area contributed by atoms with E-state index in [1.54, 1.807) is 12.1 Å². The SMILES string of the molecule is O=S(=O)(c1ccc(F)cc1F)N1CCN(c2nc(-c3ccc(Cl)cc3)cs2)CC1. The third kappa shape index (κ3) is 4.13. The largest absolute Gasteiger partial charge is 0.345 e. The first-order chi connectivity index (χ1) is 13.8. The number of anilines is 1. The molecule has 0 radical (unpaired) electrons. The predicted octanol–water partition coefficient (Wildman–Crippen LogP) is 4.25. The van der Waals surface area contributed by atoms with Crippen LogP contribution in [0.1, 0.15) is 0 Å². The summed E-state index contributed by atoms with van der Waals surface area (Å²) in [6, 6.07) is 9.87. The van der Waals surface area contributed by atoms with E-state index in [0.29, 0.717) is 24.2 Å². The fraction of sp³-hybridized carbons (Fsp3) is 0.211. The van der Waals surface area contributed by atoms with Gasteiger partial charge in [-0.25, -0.2) is 22.2 Å². The van der Waals surface area contributed by atoms with Gasteiger partial charge in [0.25, 0.3) is 0 Å². The molecule has 1 fully saturated rings. The summed E-state index contributed by atoms with van der Waals surface area (Å²) >= 11 is 7.39. The average molecular weight is 456 g/mol. The molecule has 152 valence electrons. The third-order valence-electron chi connectivity index (χ3n) is 4.65. The molecule has 4 rings (SSSR count). The van der Waals surface area contributed by atoms with E-state index in [0.717, 1.165) is 28.5 Å². The van der Waals surface area contributed by atoms with Gasteiger partial charge in [-0.2, -0.15) is 4.31 Å². The van der Waals surface area contributed by atoms with Crippen molar-refractivity contribution in [3.63, 3.8) is 0 Å². The Labute approximate surface area is 176 Å². The van der Waals surface area contributed by atoms with E-state index in [2.05, 4.69) is 4.98 Å². The van der Waals surface area contributed by atoms with Gasteiger partial charge in [-0.05, 0) is 24.3 Å². The maximum atomic E-state index is 14.0. The van der Waals surface area contributed by atoms with Crippen molar-refractivity contribution in [2.75, 3.05) is 31.1 Å². The minimum absolute atomic E-state index is 0.189. The summed E-state index contributed by atoms with van der Waals surface area (Å²) < 4.78 is 53.7. The minimum atomic E-state index is -4.02. The number of halogens is 3. The first-order valence-corrected chi connectivity index (χ1v) is 11.5. The fourth-order valence-corrected chi connectivity index (χ4v) is 5.59. The van der Waals surface area contributed by atoms with Gasteiger partial charge in [-0.3, -0.25) is 0 Å². The van der Waals surface area contributed by atoms with E-state index in [4.69, 9.17) is 11.6 Å². The van der Waals surface area contributed by atoms with Crippen LogP contribution < -0.4 is 4.90 Å². The first kappa shape index (κ1) is 20.2. The van der Waals surface area contributed by atoms with Crippen molar-refractivity contribution >= 4 is 38.1 Å². The van der Waals surface area contributed by atoms with E-state index >= 15 is 0 Å². The molecule has 0 unspecified atom stereocenters. The van der Waals surface area contributed by atoms with Crippen LogP contribution in [-0.2, 0) is 10.0 Å². The highest BCUT2D eigenvalue weighted by Crippen LogP contribution is 2.30. The summed E-state index contributed by atoms with van der Waals surface area (Å²) in [5.41, 5.74) is 1.77. The first-order valence-electron chi connectivity index (χ1n) is 8.76. The van der Waals surface area contributed by atoms with Crippen LogP contribution in [0.4, 0.5) is 13.9 Å². The Kier molecular flexibility index (Phi) is 5.56. The van der Waals surface area contributed by atoms with Gasteiger partial charge in [0.15, 0.2) is 5.13 Å². The molecule has 1 saturated heterocycles.